The van der Waals surface area contributed by atoms with Crippen LogP contribution in [-0.4, -0.2) is 39.0 Å². The van der Waals surface area contributed by atoms with Crippen molar-refractivity contribution in [3.05, 3.63) is 0 Å². The summed E-state index contributed by atoms with van der Waals surface area (Å²) in [7, 11) is 3.66. The quantitative estimate of drug-likeness (QED) is 0.678. The van der Waals surface area contributed by atoms with E-state index in [1.807, 2.05) is 7.11 Å². The van der Waals surface area contributed by atoms with E-state index < -0.39 is 0 Å². The summed E-state index contributed by atoms with van der Waals surface area (Å²) in [6.07, 6.45) is 7.21. The molecule has 0 bridgehead atoms. The van der Waals surface area contributed by atoms with Crippen LogP contribution in [0.1, 0.15) is 52.4 Å². The van der Waals surface area contributed by atoms with Crippen LogP contribution in [0.25, 0.3) is 0 Å². The van der Waals surface area contributed by atoms with Crippen molar-refractivity contribution in [2.75, 3.05) is 27.4 Å². The Kier molecular flexibility index (Phi) is 7.20. The van der Waals surface area contributed by atoms with E-state index in [1.54, 1.807) is 7.11 Å². The Bertz CT molecular complexity index is 213. The summed E-state index contributed by atoms with van der Waals surface area (Å²) in [4.78, 5) is 0. The van der Waals surface area contributed by atoms with Crippen LogP contribution in [0.2, 0.25) is 0 Å². The first-order valence-electron chi connectivity index (χ1n) is 7.46. The van der Waals surface area contributed by atoms with Gasteiger partial charge >= 0.3 is 0 Å². The van der Waals surface area contributed by atoms with Gasteiger partial charge < -0.3 is 14.8 Å². The zero-order chi connectivity index (χ0) is 13.4. The predicted molar refractivity (Wildman–Crippen MR) is 75.9 cm³/mol. The molecule has 1 aliphatic rings. The molecule has 1 aliphatic carbocycles. The van der Waals surface area contributed by atoms with Crippen molar-refractivity contribution in [2.45, 2.75) is 64.0 Å². The zero-order valence-electron chi connectivity index (χ0n) is 12.6. The molecular weight excluding hydrogens is 226 g/mol. The summed E-state index contributed by atoms with van der Waals surface area (Å²) in [5.74, 6) is 0.856. The normalized spacial score (nSPS) is 30.3. The largest absolute Gasteiger partial charge is 0.385 e. The molecule has 0 saturated heterocycles. The van der Waals surface area contributed by atoms with Gasteiger partial charge in [0.1, 0.15) is 0 Å². The highest BCUT2D eigenvalue weighted by Gasteiger charge is 2.40. The molecule has 0 aromatic carbocycles. The first-order valence-corrected chi connectivity index (χ1v) is 7.46. The van der Waals surface area contributed by atoms with Gasteiger partial charge in [0.05, 0.1) is 5.60 Å². The molecule has 0 aliphatic heterocycles. The van der Waals surface area contributed by atoms with Gasteiger partial charge in [0.2, 0.25) is 0 Å². The van der Waals surface area contributed by atoms with Crippen molar-refractivity contribution >= 4 is 0 Å². The third-order valence-electron chi connectivity index (χ3n) is 4.45. The first kappa shape index (κ1) is 15.9. The van der Waals surface area contributed by atoms with E-state index in [4.69, 9.17) is 9.47 Å². The Labute approximate surface area is 113 Å². The van der Waals surface area contributed by atoms with Crippen LogP contribution in [0.15, 0.2) is 0 Å². The van der Waals surface area contributed by atoms with Crippen LogP contribution < -0.4 is 5.32 Å². The molecule has 108 valence electrons. The van der Waals surface area contributed by atoms with Crippen molar-refractivity contribution < 1.29 is 9.47 Å². The molecule has 0 spiro atoms. The molecule has 1 unspecified atom stereocenters. The number of nitrogens with one attached hydrogen (secondary N) is 1. The van der Waals surface area contributed by atoms with Gasteiger partial charge in [0, 0.05) is 26.9 Å². The standard InChI is InChI=1S/C15H31NO2/c1-5-16-14(7-6-12-17-3)15(18-4)10-8-13(2)9-11-15/h13-14,16H,5-12H2,1-4H3. The van der Waals surface area contributed by atoms with Gasteiger partial charge in [0.25, 0.3) is 0 Å². The molecule has 1 N–H and O–H groups in total. The summed E-state index contributed by atoms with van der Waals surface area (Å²) in [5.41, 5.74) is 0.0518. The Balaban J connectivity index is 2.60. The average Bonchev–Trinajstić information content (AvgIpc) is 2.39. The Hall–Kier alpha value is -0.120. The van der Waals surface area contributed by atoms with Crippen LogP contribution >= 0.6 is 0 Å². The lowest BCUT2D eigenvalue weighted by molar-refractivity contribution is -0.0772. The molecular formula is C15H31NO2. The fourth-order valence-electron chi connectivity index (χ4n) is 3.17. The molecule has 1 atom stereocenters. The maximum Gasteiger partial charge on any atom is 0.0831 e. The van der Waals surface area contributed by atoms with E-state index in [0.29, 0.717) is 6.04 Å². The van der Waals surface area contributed by atoms with Crippen molar-refractivity contribution in [1.82, 2.24) is 5.32 Å². The van der Waals surface area contributed by atoms with Crippen molar-refractivity contribution in [3.8, 4) is 0 Å². The molecule has 3 heteroatoms. The highest BCUT2D eigenvalue weighted by molar-refractivity contribution is 4.96. The van der Waals surface area contributed by atoms with Crippen LogP contribution in [0.5, 0.6) is 0 Å². The molecule has 1 rings (SSSR count). The van der Waals surface area contributed by atoms with Gasteiger partial charge in [-0.3, -0.25) is 0 Å². The minimum absolute atomic E-state index is 0.0518. The van der Waals surface area contributed by atoms with Gasteiger partial charge in [-0.2, -0.15) is 0 Å². The number of hydrogen-bond donors (Lipinski definition) is 1. The number of rotatable bonds is 8. The fraction of sp³-hybridized carbons (Fsp3) is 1.00. The summed E-state index contributed by atoms with van der Waals surface area (Å²) in [5, 5.41) is 3.64. The van der Waals surface area contributed by atoms with E-state index >= 15 is 0 Å². The summed E-state index contributed by atoms with van der Waals surface area (Å²) in [6, 6.07) is 0.468. The van der Waals surface area contributed by atoms with Crippen molar-refractivity contribution in [3.63, 3.8) is 0 Å². The smallest absolute Gasteiger partial charge is 0.0831 e. The summed E-state index contributed by atoms with van der Waals surface area (Å²) >= 11 is 0. The highest BCUT2D eigenvalue weighted by atomic mass is 16.5. The Morgan fingerprint density at radius 3 is 2.44 bits per heavy atom. The molecule has 0 aromatic heterocycles. The highest BCUT2D eigenvalue weighted by Crippen LogP contribution is 2.38. The SMILES string of the molecule is CCNC(CCCOC)C1(OC)CCC(C)CC1. The number of methoxy groups -OCH3 is 2. The molecule has 0 aromatic rings. The monoisotopic (exact) mass is 257 g/mol. The predicted octanol–water partition coefficient (Wildman–Crippen LogP) is 2.99. The van der Waals surface area contributed by atoms with E-state index in [-0.39, 0.29) is 5.60 Å². The van der Waals surface area contributed by atoms with Gasteiger partial charge in [-0.25, -0.2) is 0 Å². The van der Waals surface area contributed by atoms with Gasteiger partial charge in [-0.1, -0.05) is 13.8 Å². The Morgan fingerprint density at radius 1 is 1.28 bits per heavy atom. The van der Waals surface area contributed by atoms with Gasteiger partial charge in [-0.05, 0) is 51.0 Å². The van der Waals surface area contributed by atoms with E-state index in [9.17, 15) is 0 Å². The topological polar surface area (TPSA) is 30.5 Å². The van der Waals surface area contributed by atoms with Crippen LogP contribution in [-0.2, 0) is 9.47 Å². The molecule has 1 saturated carbocycles. The lowest BCUT2D eigenvalue weighted by Gasteiger charge is -2.44. The number of likely N-dealkylation sites (N-methyl/N-ethyl adjacent to an activating group) is 1. The molecule has 18 heavy (non-hydrogen) atoms. The third kappa shape index (κ3) is 4.22. The zero-order valence-corrected chi connectivity index (χ0v) is 12.6. The number of hydrogen-bond acceptors (Lipinski definition) is 3. The lowest BCUT2D eigenvalue weighted by atomic mass is 9.74. The Morgan fingerprint density at radius 2 is 1.94 bits per heavy atom. The summed E-state index contributed by atoms with van der Waals surface area (Å²) in [6.45, 7) is 6.39. The lowest BCUT2D eigenvalue weighted by Crippen LogP contribution is -2.53. The van der Waals surface area contributed by atoms with Crippen LogP contribution in [0, 0.1) is 5.92 Å². The minimum atomic E-state index is 0.0518. The van der Waals surface area contributed by atoms with E-state index in [2.05, 4.69) is 19.2 Å². The maximum absolute atomic E-state index is 5.97. The first-order chi connectivity index (χ1) is 8.68. The van der Waals surface area contributed by atoms with Gasteiger partial charge in [0.15, 0.2) is 0 Å². The molecule has 0 heterocycles. The minimum Gasteiger partial charge on any atom is -0.385 e. The molecule has 0 amide bonds. The average molecular weight is 257 g/mol. The second kappa shape index (κ2) is 8.13. The van der Waals surface area contributed by atoms with Crippen molar-refractivity contribution in [2.24, 2.45) is 5.92 Å². The third-order valence-corrected chi connectivity index (χ3v) is 4.45. The second-order valence-electron chi connectivity index (χ2n) is 5.70. The van der Waals surface area contributed by atoms with E-state index in [1.165, 1.54) is 25.7 Å². The van der Waals surface area contributed by atoms with Gasteiger partial charge in [-0.15, -0.1) is 0 Å². The molecule has 3 nitrogen and oxygen atoms in total. The maximum atomic E-state index is 5.97. The van der Waals surface area contributed by atoms with Crippen LogP contribution in [0.3, 0.4) is 0 Å². The molecule has 1 fully saturated rings. The fourth-order valence-corrected chi connectivity index (χ4v) is 3.17. The van der Waals surface area contributed by atoms with E-state index in [0.717, 1.165) is 31.9 Å². The second-order valence-corrected chi connectivity index (χ2v) is 5.70. The van der Waals surface area contributed by atoms with Crippen molar-refractivity contribution in [1.29, 1.82) is 0 Å². The summed E-state index contributed by atoms with van der Waals surface area (Å²) < 4.78 is 11.1. The number of ether oxygens (including phenoxy) is 2. The van der Waals surface area contributed by atoms with Crippen LogP contribution in [0.4, 0.5) is 0 Å². The molecule has 0 radical (unpaired) electrons.